The summed E-state index contributed by atoms with van der Waals surface area (Å²) < 4.78 is 2.29. The minimum atomic E-state index is 0.943. The van der Waals surface area contributed by atoms with E-state index in [1.165, 1.54) is 75.8 Å². The van der Waals surface area contributed by atoms with Crippen molar-refractivity contribution >= 4 is 75.7 Å². The zero-order chi connectivity index (χ0) is 33.5. The van der Waals surface area contributed by atoms with Crippen molar-refractivity contribution in [3.63, 3.8) is 0 Å². The molecule has 51 heavy (non-hydrogen) atoms. The van der Waals surface area contributed by atoms with Crippen LogP contribution >= 0.6 is 0 Å². The molecular weight excluding hydrogens is 617 g/mol. The molecule has 11 rings (SSSR count). The molecule has 1 heterocycles. The number of rotatable bonds is 3. The van der Waals surface area contributed by atoms with Crippen molar-refractivity contribution < 1.29 is 0 Å². The quantitative estimate of drug-likeness (QED) is 0.175. The number of imidazole rings is 1. The van der Waals surface area contributed by atoms with Gasteiger partial charge in [-0.05, 0) is 112 Å². The SMILES string of the molecule is c1ccc(-n2c(-c3ccc(-c4ccc5c(c4)c4ccccc4c4cccc6ccc7cccc5c7c64)c4ccccc34)nc3ccccc32)cc1. The summed E-state index contributed by atoms with van der Waals surface area (Å²) in [5.74, 6) is 0.943. The van der Waals surface area contributed by atoms with E-state index < -0.39 is 0 Å². The summed E-state index contributed by atoms with van der Waals surface area (Å²) in [6.45, 7) is 0. The molecule has 0 saturated carbocycles. The topological polar surface area (TPSA) is 17.8 Å². The fourth-order valence-corrected chi connectivity index (χ4v) is 8.52. The van der Waals surface area contributed by atoms with Crippen LogP contribution in [0.5, 0.6) is 0 Å². The Hall–Kier alpha value is -6.77. The lowest BCUT2D eigenvalue weighted by Crippen LogP contribution is -1.98. The fourth-order valence-electron chi connectivity index (χ4n) is 8.52. The number of benzene rings is 9. The van der Waals surface area contributed by atoms with Gasteiger partial charge in [-0.25, -0.2) is 4.98 Å². The van der Waals surface area contributed by atoms with Gasteiger partial charge in [0.1, 0.15) is 5.82 Å². The summed E-state index contributed by atoms with van der Waals surface area (Å²) in [5, 5.41) is 15.2. The average molecular weight is 647 g/mol. The molecule has 0 spiro atoms. The Morgan fingerprint density at radius 1 is 0.353 bits per heavy atom. The van der Waals surface area contributed by atoms with Crippen molar-refractivity contribution in [2.24, 2.45) is 0 Å². The van der Waals surface area contributed by atoms with Gasteiger partial charge >= 0.3 is 0 Å². The van der Waals surface area contributed by atoms with Gasteiger partial charge in [0.15, 0.2) is 0 Å². The van der Waals surface area contributed by atoms with Gasteiger partial charge in [-0.1, -0.05) is 146 Å². The van der Waals surface area contributed by atoms with E-state index in [4.69, 9.17) is 4.98 Å². The molecule has 0 N–H and O–H groups in total. The predicted molar refractivity (Wildman–Crippen MR) is 217 cm³/mol. The largest absolute Gasteiger partial charge is 0.292 e. The number of fused-ring (bicyclic) bond motifs is 7. The first-order chi connectivity index (χ1) is 25.3. The van der Waals surface area contributed by atoms with Crippen LogP contribution < -0.4 is 0 Å². The van der Waals surface area contributed by atoms with E-state index in [0.29, 0.717) is 0 Å². The second-order valence-electron chi connectivity index (χ2n) is 13.5. The summed E-state index contributed by atoms with van der Waals surface area (Å²) in [7, 11) is 0. The highest BCUT2D eigenvalue weighted by molar-refractivity contribution is 6.33. The molecule has 0 amide bonds. The van der Waals surface area contributed by atoms with Crippen molar-refractivity contribution in [2.75, 3.05) is 0 Å². The molecule has 10 aromatic carbocycles. The van der Waals surface area contributed by atoms with Gasteiger partial charge in [-0.3, -0.25) is 4.57 Å². The van der Waals surface area contributed by atoms with E-state index in [-0.39, 0.29) is 0 Å². The maximum Gasteiger partial charge on any atom is 0.146 e. The Balaban J connectivity index is 1.21. The lowest BCUT2D eigenvalue weighted by atomic mass is 9.88. The zero-order valence-corrected chi connectivity index (χ0v) is 27.7. The van der Waals surface area contributed by atoms with Crippen LogP contribution in [-0.4, -0.2) is 9.55 Å². The summed E-state index contributed by atoms with van der Waals surface area (Å²) in [4.78, 5) is 5.23. The van der Waals surface area contributed by atoms with Crippen LogP contribution in [0.2, 0.25) is 0 Å². The van der Waals surface area contributed by atoms with Crippen LogP contribution in [0.15, 0.2) is 182 Å². The van der Waals surface area contributed by atoms with Gasteiger partial charge in [0.05, 0.1) is 11.0 Å². The molecule has 0 aliphatic rings. The van der Waals surface area contributed by atoms with Crippen LogP contribution in [0.3, 0.4) is 0 Å². The summed E-state index contributed by atoms with van der Waals surface area (Å²) in [6, 6.07) is 66.3. The Labute approximate surface area is 294 Å². The van der Waals surface area contributed by atoms with Gasteiger partial charge in [-0.15, -0.1) is 0 Å². The van der Waals surface area contributed by atoms with Crippen LogP contribution in [0, 0.1) is 0 Å². The molecule has 0 bridgehead atoms. The van der Waals surface area contributed by atoms with E-state index in [2.05, 4.69) is 187 Å². The van der Waals surface area contributed by atoms with Gasteiger partial charge < -0.3 is 0 Å². The van der Waals surface area contributed by atoms with Crippen LogP contribution in [0.4, 0.5) is 0 Å². The van der Waals surface area contributed by atoms with E-state index in [1.807, 2.05) is 0 Å². The van der Waals surface area contributed by atoms with Crippen molar-refractivity contribution in [1.82, 2.24) is 9.55 Å². The van der Waals surface area contributed by atoms with Gasteiger partial charge in [0.25, 0.3) is 0 Å². The van der Waals surface area contributed by atoms with Crippen LogP contribution in [0.25, 0.3) is 104 Å². The van der Waals surface area contributed by atoms with Gasteiger partial charge in [0, 0.05) is 11.3 Å². The molecule has 236 valence electrons. The van der Waals surface area contributed by atoms with Crippen molar-refractivity contribution in [1.29, 1.82) is 0 Å². The Morgan fingerprint density at radius 3 is 1.63 bits per heavy atom. The van der Waals surface area contributed by atoms with Gasteiger partial charge in [-0.2, -0.15) is 0 Å². The molecule has 2 nitrogen and oxygen atoms in total. The minimum absolute atomic E-state index is 0.943. The lowest BCUT2D eigenvalue weighted by molar-refractivity contribution is 1.11. The second kappa shape index (κ2) is 10.9. The molecule has 0 unspecified atom stereocenters. The normalized spacial score (nSPS) is 11.9. The summed E-state index contributed by atoms with van der Waals surface area (Å²) in [6.07, 6.45) is 0. The maximum atomic E-state index is 5.23. The lowest BCUT2D eigenvalue weighted by Gasteiger charge is -2.16. The van der Waals surface area contributed by atoms with Crippen LogP contribution in [-0.2, 0) is 0 Å². The highest BCUT2D eigenvalue weighted by atomic mass is 15.1. The summed E-state index contributed by atoms with van der Waals surface area (Å²) in [5.41, 5.74) is 6.70. The standard InChI is InChI=1S/C49H30N2/c1-2-14-34(15-3-1)51-46-23-9-8-22-45(46)50-49(51)43-29-28-35(36-16-4-6-18-38(36)43)33-26-27-40-42-21-11-13-32-25-24-31-12-10-20-41(47(31)48(32)42)37-17-5-7-19-39(37)44(40)30-33/h1-30H. The number of aromatic nitrogens is 2. The first-order valence-corrected chi connectivity index (χ1v) is 17.6. The molecular formula is C49H30N2. The van der Waals surface area contributed by atoms with E-state index >= 15 is 0 Å². The zero-order valence-electron chi connectivity index (χ0n) is 27.7. The van der Waals surface area contributed by atoms with Gasteiger partial charge in [0.2, 0.25) is 0 Å². The summed E-state index contributed by atoms with van der Waals surface area (Å²) >= 11 is 0. The Kier molecular flexibility index (Phi) is 5.99. The number of nitrogens with zero attached hydrogens (tertiary/aromatic N) is 2. The van der Waals surface area contributed by atoms with E-state index in [0.717, 1.165) is 28.1 Å². The maximum absolute atomic E-state index is 5.23. The van der Waals surface area contributed by atoms with Crippen molar-refractivity contribution in [3.05, 3.63) is 182 Å². The molecule has 0 radical (unpaired) electrons. The minimum Gasteiger partial charge on any atom is -0.292 e. The molecule has 0 aliphatic heterocycles. The third-order valence-corrected chi connectivity index (χ3v) is 10.8. The number of hydrogen-bond donors (Lipinski definition) is 0. The molecule has 0 atom stereocenters. The molecule has 0 saturated heterocycles. The van der Waals surface area contributed by atoms with E-state index in [1.54, 1.807) is 0 Å². The van der Waals surface area contributed by atoms with Crippen LogP contribution in [0.1, 0.15) is 0 Å². The average Bonchev–Trinajstić information content (AvgIpc) is 3.59. The smallest absolute Gasteiger partial charge is 0.146 e. The molecule has 0 aliphatic carbocycles. The second-order valence-corrected chi connectivity index (χ2v) is 13.5. The third kappa shape index (κ3) is 4.14. The first kappa shape index (κ1) is 28.1. The monoisotopic (exact) mass is 646 g/mol. The molecule has 0 fully saturated rings. The van der Waals surface area contributed by atoms with Crippen molar-refractivity contribution in [3.8, 4) is 28.2 Å². The molecule has 2 heteroatoms. The molecule has 11 aromatic rings. The Morgan fingerprint density at radius 2 is 0.902 bits per heavy atom. The highest BCUT2D eigenvalue weighted by Crippen LogP contribution is 2.43. The fraction of sp³-hybridized carbons (Fsp3) is 0. The number of para-hydroxylation sites is 3. The highest BCUT2D eigenvalue weighted by Gasteiger charge is 2.19. The Bertz CT molecular complexity index is 3190. The predicted octanol–water partition coefficient (Wildman–Crippen LogP) is 13.3. The van der Waals surface area contributed by atoms with E-state index in [9.17, 15) is 0 Å². The first-order valence-electron chi connectivity index (χ1n) is 17.6. The number of hydrogen-bond acceptors (Lipinski definition) is 1. The van der Waals surface area contributed by atoms with Crippen molar-refractivity contribution in [2.45, 2.75) is 0 Å². The molecule has 1 aromatic heterocycles. The third-order valence-electron chi connectivity index (χ3n) is 10.8.